The van der Waals surface area contributed by atoms with Gasteiger partial charge in [-0.25, -0.2) is 4.98 Å². The van der Waals surface area contributed by atoms with Crippen LogP contribution >= 0.6 is 0 Å². The van der Waals surface area contributed by atoms with Gasteiger partial charge in [0.2, 0.25) is 5.95 Å². The summed E-state index contributed by atoms with van der Waals surface area (Å²) in [6.45, 7) is 1.22. The molecule has 3 N–H and O–H groups in total. The fourth-order valence-corrected chi connectivity index (χ4v) is 2.52. The van der Waals surface area contributed by atoms with Crippen molar-refractivity contribution < 1.29 is 18.3 Å². The number of anilines is 1. The Hall–Kier alpha value is -2.54. The normalized spacial score (nSPS) is 14.5. The fourth-order valence-electron chi connectivity index (χ4n) is 2.52. The molecule has 1 atom stereocenters. The Labute approximate surface area is 136 Å². The number of nitrogens with one attached hydrogen (secondary N) is 2. The predicted octanol–water partition coefficient (Wildman–Crippen LogP) is 3.90. The van der Waals surface area contributed by atoms with E-state index in [1.807, 2.05) is 24.3 Å². The molecule has 0 radical (unpaired) electrons. The van der Waals surface area contributed by atoms with E-state index < -0.39 is 23.9 Å². The number of para-hydroxylation sites is 2. The summed E-state index contributed by atoms with van der Waals surface area (Å²) in [5.41, 5.74) is -0.0326. The van der Waals surface area contributed by atoms with Gasteiger partial charge in [-0.1, -0.05) is 24.3 Å². The van der Waals surface area contributed by atoms with Crippen molar-refractivity contribution in [3.8, 4) is 0 Å². The molecule has 1 heterocycles. The molecule has 4 nitrogen and oxygen atoms in total. The second kappa shape index (κ2) is 5.83. The van der Waals surface area contributed by atoms with E-state index in [0.717, 1.165) is 23.2 Å². The van der Waals surface area contributed by atoms with Crippen molar-refractivity contribution in [2.24, 2.45) is 0 Å². The van der Waals surface area contributed by atoms with Gasteiger partial charge < -0.3 is 15.4 Å². The molecule has 0 aliphatic carbocycles. The second-order valence-corrected chi connectivity index (χ2v) is 5.80. The number of nitrogens with zero attached hydrogens (tertiary/aromatic N) is 1. The summed E-state index contributed by atoms with van der Waals surface area (Å²) in [4.78, 5) is 7.39. The number of imidazole rings is 1. The van der Waals surface area contributed by atoms with Gasteiger partial charge in [0.05, 0.1) is 28.7 Å². The smallest absolute Gasteiger partial charge is 0.394 e. The molecule has 2 aromatic carbocycles. The number of aromatic nitrogens is 2. The average molecular weight is 335 g/mol. The molecule has 0 saturated carbocycles. The predicted molar refractivity (Wildman–Crippen MR) is 85.6 cm³/mol. The largest absolute Gasteiger partial charge is 0.416 e. The van der Waals surface area contributed by atoms with Crippen molar-refractivity contribution in [1.29, 1.82) is 0 Å². The highest BCUT2D eigenvalue weighted by molar-refractivity contribution is 5.77. The minimum absolute atomic E-state index is 0.320. The van der Waals surface area contributed by atoms with E-state index in [1.54, 1.807) is 13.0 Å². The van der Waals surface area contributed by atoms with Crippen LogP contribution in [0.3, 0.4) is 0 Å². The number of aliphatic hydroxyl groups is 1. The lowest BCUT2D eigenvalue weighted by Gasteiger charge is -2.29. The number of rotatable bonds is 4. The Morgan fingerprint density at radius 2 is 1.79 bits per heavy atom. The molecule has 0 saturated heterocycles. The van der Waals surface area contributed by atoms with Crippen molar-refractivity contribution in [3.05, 3.63) is 59.7 Å². The van der Waals surface area contributed by atoms with Gasteiger partial charge in [0.15, 0.2) is 0 Å². The molecule has 24 heavy (non-hydrogen) atoms. The lowest BCUT2D eigenvalue weighted by Crippen LogP contribution is -2.36. The summed E-state index contributed by atoms with van der Waals surface area (Å²) in [5, 5.41) is 12.8. The maximum atomic E-state index is 12.9. The lowest BCUT2D eigenvalue weighted by molar-refractivity contribution is -0.137. The minimum Gasteiger partial charge on any atom is -0.394 e. The van der Waals surface area contributed by atoms with Gasteiger partial charge in [0.1, 0.15) is 0 Å². The van der Waals surface area contributed by atoms with E-state index in [9.17, 15) is 18.3 Å². The third-order valence-corrected chi connectivity index (χ3v) is 3.93. The molecule has 0 fully saturated rings. The van der Waals surface area contributed by atoms with E-state index >= 15 is 0 Å². The zero-order chi connectivity index (χ0) is 17.4. The van der Waals surface area contributed by atoms with E-state index in [-0.39, 0.29) is 0 Å². The van der Waals surface area contributed by atoms with Crippen molar-refractivity contribution in [2.75, 3.05) is 11.9 Å². The molecule has 126 valence electrons. The lowest BCUT2D eigenvalue weighted by atomic mass is 9.91. The van der Waals surface area contributed by atoms with Crippen LogP contribution in [0.15, 0.2) is 48.5 Å². The quantitative estimate of drug-likeness (QED) is 0.678. The van der Waals surface area contributed by atoms with Crippen LogP contribution in [0, 0.1) is 0 Å². The van der Waals surface area contributed by atoms with Crippen LogP contribution in [0.4, 0.5) is 19.1 Å². The Kier molecular flexibility index (Phi) is 3.96. The first-order valence-corrected chi connectivity index (χ1v) is 7.33. The monoisotopic (exact) mass is 335 g/mol. The van der Waals surface area contributed by atoms with Gasteiger partial charge >= 0.3 is 6.18 Å². The molecule has 1 unspecified atom stereocenters. The van der Waals surface area contributed by atoms with Crippen molar-refractivity contribution in [2.45, 2.75) is 18.6 Å². The summed E-state index contributed by atoms with van der Waals surface area (Å²) in [6.07, 6.45) is -4.44. The molecular weight excluding hydrogens is 319 g/mol. The van der Waals surface area contributed by atoms with E-state index in [0.29, 0.717) is 11.5 Å². The number of aliphatic hydroxyl groups excluding tert-OH is 1. The van der Waals surface area contributed by atoms with Crippen molar-refractivity contribution >= 4 is 17.0 Å². The van der Waals surface area contributed by atoms with Crippen molar-refractivity contribution in [3.63, 3.8) is 0 Å². The average Bonchev–Trinajstić information content (AvgIpc) is 2.96. The number of fused-ring (bicyclic) bond motifs is 1. The first-order valence-electron chi connectivity index (χ1n) is 7.33. The van der Waals surface area contributed by atoms with Gasteiger partial charge in [-0.05, 0) is 36.8 Å². The van der Waals surface area contributed by atoms with Crippen LogP contribution < -0.4 is 5.32 Å². The first-order chi connectivity index (χ1) is 11.3. The molecule has 3 rings (SSSR count). The molecule has 0 spiro atoms. The number of hydrogen-bond donors (Lipinski definition) is 3. The van der Waals surface area contributed by atoms with Crippen LogP contribution in [0.25, 0.3) is 11.0 Å². The van der Waals surface area contributed by atoms with Crippen LogP contribution in [0.5, 0.6) is 0 Å². The SMILES string of the molecule is CC(CO)(Nc1nc2ccccc2[nH]1)c1cccc(C(F)(F)F)c1. The van der Waals surface area contributed by atoms with Crippen molar-refractivity contribution in [1.82, 2.24) is 9.97 Å². The van der Waals surface area contributed by atoms with Gasteiger partial charge in [-0.15, -0.1) is 0 Å². The summed E-state index contributed by atoms with van der Waals surface area (Å²) in [5.74, 6) is 0.380. The zero-order valence-electron chi connectivity index (χ0n) is 12.9. The Morgan fingerprint density at radius 1 is 1.08 bits per heavy atom. The summed E-state index contributed by atoms with van der Waals surface area (Å²) < 4.78 is 38.8. The van der Waals surface area contributed by atoms with E-state index in [1.165, 1.54) is 6.07 Å². The standard InChI is InChI=1S/C17H16F3N3O/c1-16(10-24,11-5-4-6-12(9-11)17(18,19)20)23-15-21-13-7-2-3-8-14(13)22-15/h2-9,24H,10H2,1H3,(H2,21,22,23). The second-order valence-electron chi connectivity index (χ2n) is 5.80. The molecule has 3 aromatic rings. The third kappa shape index (κ3) is 3.07. The number of H-pyrrole nitrogens is 1. The van der Waals surface area contributed by atoms with Crippen LogP contribution in [0.1, 0.15) is 18.1 Å². The highest BCUT2D eigenvalue weighted by Gasteiger charge is 2.33. The molecule has 0 aliphatic heterocycles. The maximum Gasteiger partial charge on any atom is 0.416 e. The minimum atomic E-state index is -4.44. The molecular formula is C17H16F3N3O. The maximum absolute atomic E-state index is 12.9. The van der Waals surface area contributed by atoms with E-state index in [2.05, 4.69) is 15.3 Å². The highest BCUT2D eigenvalue weighted by Crippen LogP contribution is 2.33. The van der Waals surface area contributed by atoms with Gasteiger partial charge in [-0.2, -0.15) is 13.2 Å². The number of alkyl halides is 3. The van der Waals surface area contributed by atoms with Gasteiger partial charge in [-0.3, -0.25) is 0 Å². The number of aromatic amines is 1. The van der Waals surface area contributed by atoms with E-state index in [4.69, 9.17) is 0 Å². The summed E-state index contributed by atoms with van der Waals surface area (Å²) >= 11 is 0. The van der Waals surface area contributed by atoms with Gasteiger partial charge in [0, 0.05) is 0 Å². The first kappa shape index (κ1) is 16.3. The number of hydrogen-bond acceptors (Lipinski definition) is 3. The van der Waals surface area contributed by atoms with Gasteiger partial charge in [0.25, 0.3) is 0 Å². The summed E-state index contributed by atoms with van der Waals surface area (Å²) in [6, 6.07) is 12.3. The van der Waals surface area contributed by atoms with Crippen LogP contribution in [0.2, 0.25) is 0 Å². The molecule has 0 amide bonds. The fraction of sp³-hybridized carbons (Fsp3) is 0.235. The number of benzene rings is 2. The molecule has 0 bridgehead atoms. The Bertz CT molecular complexity index is 826. The highest BCUT2D eigenvalue weighted by atomic mass is 19.4. The summed E-state index contributed by atoms with van der Waals surface area (Å²) in [7, 11) is 0. The van der Waals surface area contributed by atoms with Crippen LogP contribution in [-0.2, 0) is 11.7 Å². The molecule has 0 aliphatic rings. The zero-order valence-corrected chi connectivity index (χ0v) is 12.9. The molecule has 1 aromatic heterocycles. The molecule has 7 heteroatoms. The number of halogens is 3. The third-order valence-electron chi connectivity index (χ3n) is 3.93. The topological polar surface area (TPSA) is 60.9 Å². The van der Waals surface area contributed by atoms with Crippen LogP contribution in [-0.4, -0.2) is 21.7 Å². The Morgan fingerprint density at radius 3 is 2.46 bits per heavy atom. The Balaban J connectivity index is 1.96.